The average molecular weight is 483 g/mol. The Balaban J connectivity index is 2.09. The van der Waals surface area contributed by atoms with Crippen LogP contribution in [0.2, 0.25) is 5.02 Å². The van der Waals surface area contributed by atoms with Crippen molar-refractivity contribution in [2.24, 2.45) is 0 Å². The Labute approximate surface area is 191 Å². The SMILES string of the molecule is COC(=O)c1cc(NC(=O)CCCN(c2ccc(Cl)cc2)S(C)(=O)=O)cc(C(=O)OC)c1. The van der Waals surface area contributed by atoms with Crippen molar-refractivity contribution >= 4 is 50.8 Å². The number of hydrogen-bond acceptors (Lipinski definition) is 7. The van der Waals surface area contributed by atoms with E-state index in [1.807, 2.05) is 0 Å². The van der Waals surface area contributed by atoms with Gasteiger partial charge in [0.2, 0.25) is 15.9 Å². The number of methoxy groups -OCH3 is 2. The van der Waals surface area contributed by atoms with E-state index in [9.17, 15) is 22.8 Å². The normalized spacial score (nSPS) is 10.9. The zero-order valence-electron chi connectivity index (χ0n) is 17.8. The van der Waals surface area contributed by atoms with Gasteiger partial charge in [-0.1, -0.05) is 11.6 Å². The van der Waals surface area contributed by atoms with Gasteiger partial charge in [0.15, 0.2) is 0 Å². The zero-order chi connectivity index (χ0) is 23.9. The second-order valence-corrected chi connectivity index (χ2v) is 9.09. The number of amides is 1. The molecule has 32 heavy (non-hydrogen) atoms. The van der Waals surface area contributed by atoms with E-state index in [4.69, 9.17) is 11.6 Å². The number of carbonyl (C=O) groups excluding carboxylic acids is 3. The Hall–Kier alpha value is -3.11. The Kier molecular flexibility index (Phi) is 8.62. The van der Waals surface area contributed by atoms with Crippen LogP contribution in [0.25, 0.3) is 0 Å². The molecule has 0 fully saturated rings. The van der Waals surface area contributed by atoms with E-state index >= 15 is 0 Å². The number of halogens is 1. The van der Waals surface area contributed by atoms with Gasteiger partial charge in [-0.2, -0.15) is 0 Å². The Morgan fingerprint density at radius 1 is 0.969 bits per heavy atom. The summed E-state index contributed by atoms with van der Waals surface area (Å²) in [4.78, 5) is 36.1. The van der Waals surface area contributed by atoms with E-state index in [2.05, 4.69) is 14.8 Å². The van der Waals surface area contributed by atoms with Crippen molar-refractivity contribution in [3.8, 4) is 0 Å². The fourth-order valence-corrected chi connectivity index (χ4v) is 3.96. The van der Waals surface area contributed by atoms with Crippen molar-refractivity contribution in [3.63, 3.8) is 0 Å². The highest BCUT2D eigenvalue weighted by atomic mass is 35.5. The van der Waals surface area contributed by atoms with Crippen molar-refractivity contribution in [2.45, 2.75) is 12.8 Å². The third kappa shape index (κ3) is 6.96. The first-order valence-electron chi connectivity index (χ1n) is 9.40. The highest BCUT2D eigenvalue weighted by Gasteiger charge is 2.18. The summed E-state index contributed by atoms with van der Waals surface area (Å²) in [6, 6.07) is 10.3. The minimum atomic E-state index is -3.57. The summed E-state index contributed by atoms with van der Waals surface area (Å²) in [7, 11) is -1.18. The number of benzene rings is 2. The molecular weight excluding hydrogens is 460 g/mol. The molecule has 0 saturated heterocycles. The molecule has 0 aromatic heterocycles. The minimum absolute atomic E-state index is 0.00435. The van der Waals surface area contributed by atoms with Gasteiger partial charge >= 0.3 is 11.9 Å². The molecular formula is C21H23ClN2O7S. The second-order valence-electron chi connectivity index (χ2n) is 6.75. The van der Waals surface area contributed by atoms with Gasteiger partial charge in [-0.05, 0) is 48.9 Å². The molecule has 2 rings (SSSR count). The van der Waals surface area contributed by atoms with Crippen molar-refractivity contribution in [1.82, 2.24) is 0 Å². The molecule has 2 aromatic rings. The van der Waals surface area contributed by atoms with Crippen LogP contribution in [0.5, 0.6) is 0 Å². The molecule has 11 heteroatoms. The number of sulfonamides is 1. The standard InChI is InChI=1S/C21H23ClN2O7S/c1-30-20(26)14-11-15(21(27)31-2)13-17(12-14)23-19(25)5-4-10-24(32(3,28)29)18-8-6-16(22)7-9-18/h6-9,11-13H,4-5,10H2,1-3H3,(H,23,25). The number of nitrogens with zero attached hydrogens (tertiary/aromatic N) is 1. The highest BCUT2D eigenvalue weighted by Crippen LogP contribution is 2.21. The number of hydrogen-bond donors (Lipinski definition) is 1. The van der Waals surface area contributed by atoms with Crippen molar-refractivity contribution in [2.75, 3.05) is 36.6 Å². The molecule has 1 N–H and O–H groups in total. The predicted octanol–water partition coefficient (Wildman–Crippen LogP) is 3.10. The Morgan fingerprint density at radius 3 is 1.97 bits per heavy atom. The number of rotatable bonds is 9. The maximum atomic E-state index is 12.4. The summed E-state index contributed by atoms with van der Waals surface area (Å²) in [5.41, 5.74) is 0.773. The van der Waals surface area contributed by atoms with Crippen LogP contribution in [0.15, 0.2) is 42.5 Å². The Morgan fingerprint density at radius 2 is 1.50 bits per heavy atom. The van der Waals surface area contributed by atoms with Gasteiger partial charge in [-0.15, -0.1) is 0 Å². The summed E-state index contributed by atoms with van der Waals surface area (Å²) in [5.74, 6) is -1.79. The van der Waals surface area contributed by atoms with E-state index in [1.165, 1.54) is 36.7 Å². The van der Waals surface area contributed by atoms with E-state index in [1.54, 1.807) is 24.3 Å². The van der Waals surface area contributed by atoms with Crippen LogP contribution >= 0.6 is 11.6 Å². The highest BCUT2D eigenvalue weighted by molar-refractivity contribution is 7.92. The number of esters is 2. The first-order valence-corrected chi connectivity index (χ1v) is 11.6. The maximum absolute atomic E-state index is 12.4. The van der Waals surface area contributed by atoms with Gasteiger partial charge in [0.05, 0.1) is 37.3 Å². The van der Waals surface area contributed by atoms with Crippen molar-refractivity contribution in [1.29, 1.82) is 0 Å². The van der Waals surface area contributed by atoms with E-state index in [0.717, 1.165) is 6.26 Å². The van der Waals surface area contributed by atoms with E-state index in [-0.39, 0.29) is 36.2 Å². The molecule has 0 aliphatic rings. The van der Waals surface area contributed by atoms with Crippen LogP contribution in [0, 0.1) is 0 Å². The van der Waals surface area contributed by atoms with Crippen LogP contribution in [0.1, 0.15) is 33.6 Å². The average Bonchev–Trinajstić information content (AvgIpc) is 2.75. The summed E-state index contributed by atoms with van der Waals surface area (Å²) < 4.78 is 34.8. The second kappa shape index (κ2) is 11.0. The maximum Gasteiger partial charge on any atom is 0.337 e. The number of nitrogens with one attached hydrogen (secondary N) is 1. The summed E-state index contributed by atoms with van der Waals surface area (Å²) in [5, 5.41) is 3.07. The molecule has 0 aliphatic carbocycles. The van der Waals surface area contributed by atoms with Crippen LogP contribution < -0.4 is 9.62 Å². The molecule has 1 amide bonds. The van der Waals surface area contributed by atoms with Crippen LogP contribution in [0.3, 0.4) is 0 Å². The van der Waals surface area contributed by atoms with Gasteiger partial charge in [0.25, 0.3) is 0 Å². The summed E-state index contributed by atoms with van der Waals surface area (Å²) in [6.07, 6.45) is 1.30. The largest absolute Gasteiger partial charge is 0.465 e. The van der Waals surface area contributed by atoms with E-state index in [0.29, 0.717) is 10.7 Å². The Bertz CT molecular complexity index is 1070. The molecule has 0 saturated carbocycles. The molecule has 2 aromatic carbocycles. The van der Waals surface area contributed by atoms with Gasteiger partial charge in [0, 0.05) is 23.7 Å². The van der Waals surface area contributed by atoms with Crippen molar-refractivity contribution < 1.29 is 32.3 Å². The van der Waals surface area contributed by atoms with Crippen LogP contribution in [0.4, 0.5) is 11.4 Å². The molecule has 0 radical (unpaired) electrons. The smallest absolute Gasteiger partial charge is 0.337 e. The zero-order valence-corrected chi connectivity index (χ0v) is 19.3. The third-order valence-electron chi connectivity index (χ3n) is 4.34. The van der Waals surface area contributed by atoms with Crippen molar-refractivity contribution in [3.05, 3.63) is 58.6 Å². The quantitative estimate of drug-likeness (QED) is 0.545. The van der Waals surface area contributed by atoms with E-state index < -0.39 is 27.9 Å². The molecule has 0 atom stereocenters. The van der Waals surface area contributed by atoms with Crippen LogP contribution in [-0.4, -0.2) is 53.3 Å². The molecule has 0 aliphatic heterocycles. The molecule has 9 nitrogen and oxygen atoms in total. The topological polar surface area (TPSA) is 119 Å². The third-order valence-corrected chi connectivity index (χ3v) is 5.78. The summed E-state index contributed by atoms with van der Waals surface area (Å²) >= 11 is 5.85. The monoisotopic (exact) mass is 482 g/mol. The lowest BCUT2D eigenvalue weighted by molar-refractivity contribution is -0.116. The number of carbonyl (C=O) groups is 3. The van der Waals surface area contributed by atoms with Crippen LogP contribution in [-0.2, 0) is 24.3 Å². The molecule has 0 heterocycles. The summed E-state index contributed by atoms with van der Waals surface area (Å²) in [6.45, 7) is 0.0729. The molecule has 0 unspecified atom stereocenters. The lowest BCUT2D eigenvalue weighted by atomic mass is 10.1. The predicted molar refractivity (Wildman–Crippen MR) is 121 cm³/mol. The lowest BCUT2D eigenvalue weighted by Crippen LogP contribution is -2.31. The first kappa shape index (κ1) is 25.2. The molecule has 0 spiro atoms. The fraction of sp³-hybridized carbons (Fsp3) is 0.286. The number of anilines is 2. The van der Waals surface area contributed by atoms with Gasteiger partial charge in [-0.3, -0.25) is 9.10 Å². The molecule has 0 bridgehead atoms. The lowest BCUT2D eigenvalue weighted by Gasteiger charge is -2.22. The minimum Gasteiger partial charge on any atom is -0.465 e. The molecule has 172 valence electrons. The number of ether oxygens (including phenoxy) is 2. The van der Waals surface area contributed by atoms with Gasteiger partial charge in [-0.25, -0.2) is 18.0 Å². The van der Waals surface area contributed by atoms with Gasteiger partial charge in [0.1, 0.15) is 0 Å². The first-order chi connectivity index (χ1) is 15.0. The van der Waals surface area contributed by atoms with Gasteiger partial charge < -0.3 is 14.8 Å². The fourth-order valence-electron chi connectivity index (χ4n) is 2.87.